The van der Waals surface area contributed by atoms with E-state index in [9.17, 15) is 0 Å². The van der Waals surface area contributed by atoms with E-state index in [1.165, 1.54) is 0 Å². The number of anilines is 1. The summed E-state index contributed by atoms with van der Waals surface area (Å²) in [5, 5.41) is 5.19. The molecule has 1 aliphatic rings. The van der Waals surface area contributed by atoms with Gasteiger partial charge in [0.25, 0.3) is 0 Å². The van der Waals surface area contributed by atoms with Gasteiger partial charge in [-0.1, -0.05) is 41.3 Å². The molecule has 94 valence electrons. The minimum Gasteiger partial charge on any atom is -0.367 e. The third kappa shape index (κ3) is 1.78. The molecule has 1 fully saturated rings. The zero-order chi connectivity index (χ0) is 12.9. The van der Waals surface area contributed by atoms with Crippen LogP contribution in [0.1, 0.15) is 25.0 Å². The van der Waals surface area contributed by atoms with Crippen molar-refractivity contribution in [2.45, 2.75) is 19.3 Å². The van der Waals surface area contributed by atoms with E-state index in [4.69, 9.17) is 33.5 Å². The molecule has 2 N–H and O–H groups in total. The Balaban J connectivity index is 2.20. The molecule has 0 radical (unpaired) electrons. The second kappa shape index (κ2) is 4.18. The summed E-state index contributed by atoms with van der Waals surface area (Å²) in [6, 6.07) is 5.38. The SMILES string of the molecule is CC1CC1c1noc(N)c1-c1c(Cl)cccc1Cl. The predicted octanol–water partition coefficient (Wildman–Crippen LogP) is 4.35. The summed E-state index contributed by atoms with van der Waals surface area (Å²) >= 11 is 12.4. The van der Waals surface area contributed by atoms with Crippen LogP contribution in [0.5, 0.6) is 0 Å². The number of halogens is 2. The van der Waals surface area contributed by atoms with Gasteiger partial charge in [0.15, 0.2) is 0 Å². The highest BCUT2D eigenvalue weighted by atomic mass is 35.5. The van der Waals surface area contributed by atoms with Crippen LogP contribution in [0.3, 0.4) is 0 Å². The molecule has 3 nitrogen and oxygen atoms in total. The van der Waals surface area contributed by atoms with E-state index in [-0.39, 0.29) is 5.88 Å². The average Bonchev–Trinajstić information content (AvgIpc) is 2.92. The lowest BCUT2D eigenvalue weighted by Gasteiger charge is -2.06. The zero-order valence-electron chi connectivity index (χ0n) is 9.78. The van der Waals surface area contributed by atoms with Crippen LogP contribution in [0.25, 0.3) is 11.1 Å². The fourth-order valence-corrected chi connectivity index (χ4v) is 2.85. The van der Waals surface area contributed by atoms with E-state index in [0.717, 1.165) is 17.7 Å². The summed E-state index contributed by atoms with van der Waals surface area (Å²) in [6.45, 7) is 2.17. The number of aromatic nitrogens is 1. The molecule has 3 rings (SSSR count). The summed E-state index contributed by atoms with van der Waals surface area (Å²) in [7, 11) is 0. The van der Waals surface area contributed by atoms with Crippen molar-refractivity contribution in [1.29, 1.82) is 0 Å². The first-order chi connectivity index (χ1) is 8.59. The van der Waals surface area contributed by atoms with Crippen LogP contribution < -0.4 is 5.73 Å². The summed E-state index contributed by atoms with van der Waals surface area (Å²) < 4.78 is 5.12. The van der Waals surface area contributed by atoms with Crippen molar-refractivity contribution >= 4 is 29.1 Å². The van der Waals surface area contributed by atoms with Gasteiger partial charge < -0.3 is 10.3 Å². The maximum Gasteiger partial charge on any atom is 0.230 e. The second-order valence-electron chi connectivity index (χ2n) is 4.72. The van der Waals surface area contributed by atoms with Crippen molar-refractivity contribution in [3.63, 3.8) is 0 Å². The molecule has 0 bridgehead atoms. The molecule has 1 aromatic carbocycles. The van der Waals surface area contributed by atoms with Crippen molar-refractivity contribution in [2.24, 2.45) is 5.92 Å². The highest BCUT2D eigenvalue weighted by Gasteiger charge is 2.40. The Kier molecular flexibility index (Phi) is 2.76. The molecule has 2 aromatic rings. The number of benzene rings is 1. The largest absolute Gasteiger partial charge is 0.367 e. The Morgan fingerprint density at radius 1 is 1.28 bits per heavy atom. The molecule has 0 spiro atoms. The number of hydrogen-bond donors (Lipinski definition) is 1. The molecule has 1 aromatic heterocycles. The molecule has 5 heteroatoms. The average molecular weight is 283 g/mol. The normalized spacial score (nSPS) is 22.2. The lowest BCUT2D eigenvalue weighted by molar-refractivity contribution is 0.427. The van der Waals surface area contributed by atoms with Crippen molar-refractivity contribution in [3.8, 4) is 11.1 Å². The number of nitrogens with zero attached hydrogens (tertiary/aromatic N) is 1. The summed E-state index contributed by atoms with van der Waals surface area (Å²) in [5.74, 6) is 1.28. The number of nitrogen functional groups attached to an aromatic ring is 1. The summed E-state index contributed by atoms with van der Waals surface area (Å²) in [4.78, 5) is 0. The van der Waals surface area contributed by atoms with Crippen LogP contribution in [0.2, 0.25) is 10.0 Å². The minimum atomic E-state index is 0.277. The Labute approximate surface area is 115 Å². The van der Waals surface area contributed by atoms with Crippen LogP contribution >= 0.6 is 23.2 Å². The van der Waals surface area contributed by atoms with E-state index in [0.29, 0.717) is 27.4 Å². The van der Waals surface area contributed by atoms with Gasteiger partial charge in [-0.25, -0.2) is 0 Å². The number of nitrogens with two attached hydrogens (primary N) is 1. The molecule has 2 atom stereocenters. The number of hydrogen-bond acceptors (Lipinski definition) is 3. The topological polar surface area (TPSA) is 52.0 Å². The van der Waals surface area contributed by atoms with Gasteiger partial charge in [-0.15, -0.1) is 0 Å². The van der Waals surface area contributed by atoms with E-state index in [1.807, 2.05) is 0 Å². The first kappa shape index (κ1) is 11.9. The maximum absolute atomic E-state index is 6.22. The van der Waals surface area contributed by atoms with E-state index in [1.54, 1.807) is 18.2 Å². The second-order valence-corrected chi connectivity index (χ2v) is 5.54. The van der Waals surface area contributed by atoms with Crippen molar-refractivity contribution < 1.29 is 4.52 Å². The predicted molar refractivity (Wildman–Crippen MR) is 72.9 cm³/mol. The lowest BCUT2D eigenvalue weighted by atomic mass is 10.0. The zero-order valence-corrected chi connectivity index (χ0v) is 11.3. The standard InChI is InChI=1S/C13H12Cl2N2O/c1-6-5-7(6)12-11(13(16)18-17-12)10-8(14)3-2-4-9(10)15/h2-4,6-7H,5,16H2,1H3. The quantitative estimate of drug-likeness (QED) is 0.891. The fourth-order valence-electron chi connectivity index (χ4n) is 2.26. The van der Waals surface area contributed by atoms with Gasteiger partial charge in [0.1, 0.15) is 0 Å². The van der Waals surface area contributed by atoms with Crippen molar-refractivity contribution in [2.75, 3.05) is 5.73 Å². The molecular weight excluding hydrogens is 271 g/mol. The van der Waals surface area contributed by atoms with Gasteiger partial charge in [0.2, 0.25) is 5.88 Å². The van der Waals surface area contributed by atoms with E-state index in [2.05, 4.69) is 12.1 Å². The molecular formula is C13H12Cl2N2O. The summed E-state index contributed by atoms with van der Waals surface area (Å²) in [5.41, 5.74) is 8.21. The van der Waals surface area contributed by atoms with Crippen LogP contribution in [-0.4, -0.2) is 5.16 Å². The summed E-state index contributed by atoms with van der Waals surface area (Å²) in [6.07, 6.45) is 1.10. The Hall–Kier alpha value is -1.19. The van der Waals surface area contributed by atoms with Gasteiger partial charge in [-0.05, 0) is 24.5 Å². The van der Waals surface area contributed by atoms with Gasteiger partial charge >= 0.3 is 0 Å². The third-order valence-corrected chi connectivity index (χ3v) is 4.05. The molecule has 0 amide bonds. The Morgan fingerprint density at radius 3 is 2.44 bits per heavy atom. The first-order valence-electron chi connectivity index (χ1n) is 5.79. The molecule has 2 unspecified atom stereocenters. The molecule has 18 heavy (non-hydrogen) atoms. The van der Waals surface area contributed by atoms with Crippen LogP contribution in [0.4, 0.5) is 5.88 Å². The highest BCUT2D eigenvalue weighted by Crippen LogP contribution is 2.52. The first-order valence-corrected chi connectivity index (χ1v) is 6.54. The van der Waals surface area contributed by atoms with E-state index < -0.39 is 0 Å². The Morgan fingerprint density at radius 2 is 1.89 bits per heavy atom. The minimum absolute atomic E-state index is 0.277. The number of rotatable bonds is 2. The third-order valence-electron chi connectivity index (χ3n) is 3.42. The van der Waals surface area contributed by atoms with Crippen LogP contribution in [0, 0.1) is 5.92 Å². The van der Waals surface area contributed by atoms with Gasteiger partial charge in [-0.2, -0.15) is 0 Å². The molecule has 0 saturated heterocycles. The van der Waals surface area contributed by atoms with Gasteiger partial charge in [0, 0.05) is 11.5 Å². The fraction of sp³-hybridized carbons (Fsp3) is 0.308. The molecule has 1 heterocycles. The monoisotopic (exact) mass is 282 g/mol. The van der Waals surface area contributed by atoms with Crippen molar-refractivity contribution in [3.05, 3.63) is 33.9 Å². The smallest absolute Gasteiger partial charge is 0.230 e. The van der Waals surface area contributed by atoms with Crippen LogP contribution in [-0.2, 0) is 0 Å². The molecule has 1 aliphatic carbocycles. The Bertz CT molecular complexity index is 589. The van der Waals surface area contributed by atoms with Crippen molar-refractivity contribution in [1.82, 2.24) is 5.16 Å². The highest BCUT2D eigenvalue weighted by molar-refractivity contribution is 6.39. The molecule has 1 saturated carbocycles. The van der Waals surface area contributed by atoms with Gasteiger partial charge in [-0.3, -0.25) is 0 Å². The molecule has 0 aliphatic heterocycles. The van der Waals surface area contributed by atoms with E-state index >= 15 is 0 Å². The lowest BCUT2D eigenvalue weighted by Crippen LogP contribution is -1.92. The maximum atomic E-state index is 6.22. The van der Waals surface area contributed by atoms with Gasteiger partial charge in [0.05, 0.1) is 21.3 Å². The van der Waals surface area contributed by atoms with Crippen LogP contribution in [0.15, 0.2) is 22.7 Å².